The number of amides is 1. The largest absolute Gasteiger partial charge is 0.484 e. The van der Waals surface area contributed by atoms with E-state index in [1.807, 2.05) is 0 Å². The molecule has 1 aromatic carbocycles. The number of carbonyl (C=O) groups excluding carboxylic acids is 1. The van der Waals surface area contributed by atoms with Gasteiger partial charge < -0.3 is 15.4 Å². The summed E-state index contributed by atoms with van der Waals surface area (Å²) in [4.78, 5) is 11.8. The van der Waals surface area contributed by atoms with Crippen molar-refractivity contribution >= 4 is 5.91 Å². The molecule has 5 heteroatoms. The van der Waals surface area contributed by atoms with Gasteiger partial charge in [0.2, 0.25) is 0 Å². The van der Waals surface area contributed by atoms with Crippen molar-refractivity contribution in [1.29, 1.82) is 0 Å². The Morgan fingerprint density at radius 3 is 2.76 bits per heavy atom. The van der Waals surface area contributed by atoms with Crippen molar-refractivity contribution in [3.8, 4) is 5.75 Å². The molecule has 0 bridgehead atoms. The van der Waals surface area contributed by atoms with E-state index in [1.165, 1.54) is 31.4 Å². The fraction of sp³-hybridized carbons (Fsp3) is 0.562. The van der Waals surface area contributed by atoms with Gasteiger partial charge in [0.1, 0.15) is 11.6 Å². The van der Waals surface area contributed by atoms with Crippen molar-refractivity contribution < 1.29 is 13.9 Å². The molecular weight excluding hydrogens is 271 g/mol. The van der Waals surface area contributed by atoms with Crippen molar-refractivity contribution in [1.82, 2.24) is 10.6 Å². The average molecular weight is 294 g/mol. The molecule has 4 nitrogen and oxygen atoms in total. The van der Waals surface area contributed by atoms with E-state index in [1.54, 1.807) is 13.1 Å². The molecule has 2 rings (SSSR count). The second kappa shape index (κ2) is 7.98. The summed E-state index contributed by atoms with van der Waals surface area (Å²) < 4.78 is 18.8. The van der Waals surface area contributed by atoms with E-state index in [0.29, 0.717) is 12.3 Å². The highest BCUT2D eigenvalue weighted by molar-refractivity contribution is 5.77. The normalized spacial score (nSPS) is 15.7. The van der Waals surface area contributed by atoms with E-state index < -0.39 is 0 Å². The predicted molar refractivity (Wildman–Crippen MR) is 79.7 cm³/mol. The summed E-state index contributed by atoms with van der Waals surface area (Å²) in [6.45, 7) is 0.487. The zero-order valence-electron chi connectivity index (χ0n) is 12.5. The number of halogens is 1. The van der Waals surface area contributed by atoms with Gasteiger partial charge in [-0.25, -0.2) is 4.39 Å². The quantitative estimate of drug-likeness (QED) is 0.847. The minimum absolute atomic E-state index is 0.0705. The Hall–Kier alpha value is -1.62. The number of nitrogens with one attached hydrogen (secondary N) is 2. The fourth-order valence-corrected chi connectivity index (χ4v) is 2.68. The molecule has 1 fully saturated rings. The van der Waals surface area contributed by atoms with E-state index in [4.69, 9.17) is 4.74 Å². The van der Waals surface area contributed by atoms with Gasteiger partial charge in [-0.2, -0.15) is 0 Å². The Bertz CT molecular complexity index is 473. The van der Waals surface area contributed by atoms with Crippen LogP contribution in [0.15, 0.2) is 18.2 Å². The van der Waals surface area contributed by atoms with Gasteiger partial charge in [0.25, 0.3) is 5.91 Å². The van der Waals surface area contributed by atoms with E-state index in [0.717, 1.165) is 18.4 Å². The molecular formula is C16H23FN2O2. The van der Waals surface area contributed by atoms with Crippen LogP contribution in [0.4, 0.5) is 4.39 Å². The smallest absolute Gasteiger partial charge is 0.258 e. The molecule has 1 aliphatic carbocycles. The van der Waals surface area contributed by atoms with E-state index in [9.17, 15) is 9.18 Å². The highest BCUT2D eigenvalue weighted by Crippen LogP contribution is 2.18. The highest BCUT2D eigenvalue weighted by atomic mass is 19.1. The Morgan fingerprint density at radius 2 is 2.05 bits per heavy atom. The van der Waals surface area contributed by atoms with Crippen LogP contribution in [-0.2, 0) is 11.3 Å². The zero-order chi connectivity index (χ0) is 15.1. The topological polar surface area (TPSA) is 50.4 Å². The molecule has 1 aliphatic rings. The van der Waals surface area contributed by atoms with Gasteiger partial charge in [0.15, 0.2) is 6.61 Å². The molecule has 0 aliphatic heterocycles. The summed E-state index contributed by atoms with van der Waals surface area (Å²) in [6, 6.07) is 4.76. The maximum atomic E-state index is 13.4. The summed E-state index contributed by atoms with van der Waals surface area (Å²) in [7, 11) is 1.79. The van der Waals surface area contributed by atoms with Crippen LogP contribution in [0.3, 0.4) is 0 Å². The number of hydrogen-bond acceptors (Lipinski definition) is 3. The lowest BCUT2D eigenvalue weighted by Crippen LogP contribution is -2.38. The van der Waals surface area contributed by atoms with E-state index >= 15 is 0 Å². The van der Waals surface area contributed by atoms with Gasteiger partial charge in [-0.1, -0.05) is 19.3 Å². The molecule has 0 spiro atoms. The summed E-state index contributed by atoms with van der Waals surface area (Å²) in [5, 5.41) is 5.93. The second-order valence-electron chi connectivity index (χ2n) is 5.52. The third-order valence-corrected chi connectivity index (χ3v) is 3.65. The lowest BCUT2D eigenvalue weighted by molar-refractivity contribution is -0.124. The number of carbonyl (C=O) groups is 1. The standard InChI is InChI=1S/C16H23FN2O2/c1-18-10-12-7-13(17)9-15(8-12)21-11-16(20)19-14-5-3-2-4-6-14/h7-9,14,18H,2-6,10-11H2,1H3,(H,19,20). The lowest BCUT2D eigenvalue weighted by atomic mass is 9.95. The average Bonchev–Trinajstić information content (AvgIpc) is 2.46. The van der Waals surface area contributed by atoms with E-state index in [-0.39, 0.29) is 24.4 Å². The van der Waals surface area contributed by atoms with Gasteiger partial charge in [0, 0.05) is 18.7 Å². The van der Waals surface area contributed by atoms with Gasteiger partial charge in [-0.3, -0.25) is 4.79 Å². The number of hydrogen-bond donors (Lipinski definition) is 2. The van der Waals surface area contributed by atoms with Gasteiger partial charge in [-0.05, 0) is 37.6 Å². The molecule has 2 N–H and O–H groups in total. The summed E-state index contributed by atoms with van der Waals surface area (Å²) in [5.41, 5.74) is 0.792. The van der Waals surface area contributed by atoms with Crippen LogP contribution in [0, 0.1) is 5.82 Å². The van der Waals surface area contributed by atoms with Crippen LogP contribution in [0.1, 0.15) is 37.7 Å². The van der Waals surface area contributed by atoms with Gasteiger partial charge in [0.05, 0.1) is 0 Å². The fourth-order valence-electron chi connectivity index (χ4n) is 2.68. The Balaban J connectivity index is 1.82. The molecule has 1 saturated carbocycles. The molecule has 0 heterocycles. The summed E-state index contributed by atoms with van der Waals surface area (Å²) in [6.07, 6.45) is 5.67. The monoisotopic (exact) mass is 294 g/mol. The van der Waals surface area contributed by atoms with Gasteiger partial charge >= 0.3 is 0 Å². The Morgan fingerprint density at radius 1 is 1.29 bits per heavy atom. The third-order valence-electron chi connectivity index (χ3n) is 3.65. The summed E-state index contributed by atoms with van der Waals surface area (Å²) in [5.74, 6) is -0.106. The first-order valence-electron chi connectivity index (χ1n) is 7.53. The lowest BCUT2D eigenvalue weighted by Gasteiger charge is -2.22. The summed E-state index contributed by atoms with van der Waals surface area (Å²) >= 11 is 0. The predicted octanol–water partition coefficient (Wildman–Crippen LogP) is 2.37. The Labute approximate surface area is 125 Å². The van der Waals surface area contributed by atoms with Crippen LogP contribution in [0.2, 0.25) is 0 Å². The van der Waals surface area contributed by atoms with Crippen molar-refractivity contribution in [2.45, 2.75) is 44.7 Å². The van der Waals surface area contributed by atoms with Crippen molar-refractivity contribution in [2.75, 3.05) is 13.7 Å². The molecule has 0 atom stereocenters. The maximum Gasteiger partial charge on any atom is 0.258 e. The first-order valence-corrected chi connectivity index (χ1v) is 7.53. The van der Waals surface area contributed by atoms with Crippen molar-refractivity contribution in [3.63, 3.8) is 0 Å². The molecule has 0 unspecified atom stereocenters. The number of ether oxygens (including phenoxy) is 1. The second-order valence-corrected chi connectivity index (χ2v) is 5.52. The zero-order valence-corrected chi connectivity index (χ0v) is 12.5. The molecule has 0 radical (unpaired) electrons. The maximum absolute atomic E-state index is 13.4. The minimum atomic E-state index is -0.356. The minimum Gasteiger partial charge on any atom is -0.484 e. The molecule has 116 valence electrons. The molecule has 21 heavy (non-hydrogen) atoms. The number of rotatable bonds is 6. The highest BCUT2D eigenvalue weighted by Gasteiger charge is 2.15. The van der Waals surface area contributed by atoms with Crippen molar-refractivity contribution in [2.24, 2.45) is 0 Å². The first kappa shape index (κ1) is 15.8. The van der Waals surface area contributed by atoms with E-state index in [2.05, 4.69) is 10.6 Å². The van der Waals surface area contributed by atoms with Crippen LogP contribution in [-0.4, -0.2) is 25.6 Å². The van der Waals surface area contributed by atoms with Crippen LogP contribution < -0.4 is 15.4 Å². The SMILES string of the molecule is CNCc1cc(F)cc(OCC(=O)NC2CCCCC2)c1. The van der Waals surface area contributed by atoms with Crippen LogP contribution >= 0.6 is 0 Å². The van der Waals surface area contributed by atoms with Crippen LogP contribution in [0.25, 0.3) is 0 Å². The van der Waals surface area contributed by atoms with Crippen molar-refractivity contribution in [3.05, 3.63) is 29.6 Å². The molecule has 0 saturated heterocycles. The Kier molecular flexibility index (Phi) is 5.99. The molecule has 0 aromatic heterocycles. The molecule has 1 amide bonds. The number of benzene rings is 1. The first-order chi connectivity index (χ1) is 10.2. The third kappa shape index (κ3) is 5.34. The molecule has 1 aromatic rings. The van der Waals surface area contributed by atoms with Crippen LogP contribution in [0.5, 0.6) is 5.75 Å². The van der Waals surface area contributed by atoms with Gasteiger partial charge in [-0.15, -0.1) is 0 Å².